The van der Waals surface area contributed by atoms with Gasteiger partial charge in [0.05, 0.1) is 4.90 Å². The molecule has 4 atom stereocenters. The van der Waals surface area contributed by atoms with Gasteiger partial charge in [-0.1, -0.05) is 28.1 Å². The number of halogens is 1. The summed E-state index contributed by atoms with van der Waals surface area (Å²) in [6.45, 7) is 0. The molecule has 0 aromatic heterocycles. The molecule has 3 fully saturated rings. The molecule has 1 aromatic carbocycles. The van der Waals surface area contributed by atoms with Crippen molar-refractivity contribution in [1.82, 2.24) is 4.72 Å². The Hall–Kier alpha value is -0.390. The van der Waals surface area contributed by atoms with Crippen LogP contribution in [0.15, 0.2) is 29.2 Å². The summed E-state index contributed by atoms with van der Waals surface area (Å²) in [5.41, 5.74) is 1.09. The van der Waals surface area contributed by atoms with Crippen molar-refractivity contribution in [2.75, 3.05) is 0 Å². The third-order valence-corrected chi connectivity index (χ3v) is 7.54. The molecule has 5 heteroatoms. The summed E-state index contributed by atoms with van der Waals surface area (Å²) in [6.07, 6.45) is 3.96. The van der Waals surface area contributed by atoms with Gasteiger partial charge in [-0.05, 0) is 60.6 Å². The van der Waals surface area contributed by atoms with Crippen LogP contribution in [0.2, 0.25) is 0 Å². The van der Waals surface area contributed by atoms with Gasteiger partial charge in [0.15, 0.2) is 0 Å². The van der Waals surface area contributed by atoms with Crippen molar-refractivity contribution < 1.29 is 8.42 Å². The summed E-state index contributed by atoms with van der Waals surface area (Å²) in [4.78, 5) is 0.388. The van der Waals surface area contributed by atoms with Crippen LogP contribution in [0.25, 0.3) is 0 Å². The minimum absolute atomic E-state index is 0.210. The van der Waals surface area contributed by atoms with Crippen LogP contribution in [-0.4, -0.2) is 14.5 Å². The number of nitrogens with one attached hydrogen (secondary N) is 1. The lowest BCUT2D eigenvalue weighted by Gasteiger charge is -2.11. The number of fused-ring (bicyclic) bond motifs is 5. The highest BCUT2D eigenvalue weighted by Crippen LogP contribution is 2.65. The van der Waals surface area contributed by atoms with Crippen molar-refractivity contribution in [2.45, 2.75) is 35.5 Å². The first-order chi connectivity index (χ1) is 9.60. The standard InChI is InChI=1S/C15H18BrNO2S/c16-8-9-1-5-12(6-2-9)20(18,19)17-15-13-10-3-4-11(7-10)14(13)15/h1-2,5-6,10-11,13-15,17H,3-4,7-8H2. The summed E-state index contributed by atoms with van der Waals surface area (Å²) in [5, 5.41) is 0.747. The fourth-order valence-corrected chi connectivity index (χ4v) is 6.16. The lowest BCUT2D eigenvalue weighted by molar-refractivity contribution is 0.456. The first-order valence-corrected chi connectivity index (χ1v) is 9.88. The van der Waals surface area contributed by atoms with E-state index in [-0.39, 0.29) is 6.04 Å². The van der Waals surface area contributed by atoms with Crippen molar-refractivity contribution in [3.8, 4) is 0 Å². The topological polar surface area (TPSA) is 46.2 Å². The number of benzene rings is 1. The molecule has 0 saturated heterocycles. The van der Waals surface area contributed by atoms with E-state index in [1.807, 2.05) is 12.1 Å². The predicted octanol–water partition coefficient (Wildman–Crippen LogP) is 2.90. The number of sulfonamides is 1. The van der Waals surface area contributed by atoms with Gasteiger partial charge in [0.25, 0.3) is 0 Å². The minimum atomic E-state index is -3.35. The fourth-order valence-electron chi connectivity index (χ4n) is 4.49. The van der Waals surface area contributed by atoms with Crippen LogP contribution in [-0.2, 0) is 15.4 Å². The van der Waals surface area contributed by atoms with Crippen molar-refractivity contribution in [3.05, 3.63) is 29.8 Å². The predicted molar refractivity (Wildman–Crippen MR) is 81.0 cm³/mol. The van der Waals surface area contributed by atoms with Crippen LogP contribution < -0.4 is 4.72 Å². The Labute approximate surface area is 128 Å². The van der Waals surface area contributed by atoms with Crippen molar-refractivity contribution in [1.29, 1.82) is 0 Å². The van der Waals surface area contributed by atoms with Crippen LogP contribution in [0, 0.1) is 23.7 Å². The average molecular weight is 356 g/mol. The van der Waals surface area contributed by atoms with E-state index in [0.717, 1.165) is 22.7 Å². The van der Waals surface area contributed by atoms with E-state index in [1.165, 1.54) is 19.3 Å². The summed E-state index contributed by atoms with van der Waals surface area (Å²) >= 11 is 3.37. The minimum Gasteiger partial charge on any atom is -0.207 e. The maximum Gasteiger partial charge on any atom is 0.240 e. The van der Waals surface area contributed by atoms with Crippen molar-refractivity contribution in [2.24, 2.45) is 23.7 Å². The Morgan fingerprint density at radius 3 is 2.25 bits per heavy atom. The Kier molecular flexibility index (Phi) is 3.02. The quantitative estimate of drug-likeness (QED) is 0.844. The second-order valence-electron chi connectivity index (χ2n) is 6.41. The molecule has 4 unspecified atom stereocenters. The first kappa shape index (κ1) is 13.3. The second-order valence-corrected chi connectivity index (χ2v) is 8.69. The zero-order valence-corrected chi connectivity index (χ0v) is 13.5. The molecule has 1 N–H and O–H groups in total. The molecule has 4 rings (SSSR count). The fraction of sp³-hybridized carbons (Fsp3) is 0.600. The zero-order valence-electron chi connectivity index (χ0n) is 11.1. The van der Waals surface area contributed by atoms with E-state index in [0.29, 0.717) is 16.7 Å². The van der Waals surface area contributed by atoms with Gasteiger partial charge >= 0.3 is 0 Å². The Bertz CT molecular complexity index is 612. The highest BCUT2D eigenvalue weighted by atomic mass is 79.9. The van der Waals surface area contributed by atoms with Gasteiger partial charge in [0.2, 0.25) is 10.0 Å². The molecular formula is C15H18BrNO2S. The van der Waals surface area contributed by atoms with Gasteiger partial charge in [-0.15, -0.1) is 0 Å². The van der Waals surface area contributed by atoms with Crippen LogP contribution in [0.1, 0.15) is 24.8 Å². The average Bonchev–Trinajstić information content (AvgIpc) is 2.86. The number of hydrogen-bond acceptors (Lipinski definition) is 2. The van der Waals surface area contributed by atoms with Crippen LogP contribution in [0.3, 0.4) is 0 Å². The largest absolute Gasteiger partial charge is 0.240 e. The van der Waals surface area contributed by atoms with E-state index >= 15 is 0 Å². The molecule has 3 aliphatic rings. The summed E-state index contributed by atoms with van der Waals surface area (Å²) < 4.78 is 27.8. The molecule has 2 bridgehead atoms. The molecule has 0 radical (unpaired) electrons. The highest BCUT2D eigenvalue weighted by Gasteiger charge is 2.65. The van der Waals surface area contributed by atoms with E-state index in [4.69, 9.17) is 0 Å². The summed E-state index contributed by atoms with van der Waals surface area (Å²) in [5.74, 6) is 2.83. The Morgan fingerprint density at radius 1 is 1.10 bits per heavy atom. The normalized spacial score (nSPS) is 38.0. The summed E-state index contributed by atoms with van der Waals surface area (Å²) in [6, 6.07) is 7.33. The van der Waals surface area contributed by atoms with Gasteiger partial charge in [-0.25, -0.2) is 13.1 Å². The van der Waals surface area contributed by atoms with Gasteiger partial charge < -0.3 is 0 Å². The number of rotatable bonds is 4. The van der Waals surface area contributed by atoms with Gasteiger partial charge in [-0.2, -0.15) is 0 Å². The maximum atomic E-state index is 12.4. The number of alkyl halides is 1. The van der Waals surface area contributed by atoms with Gasteiger partial charge in [0, 0.05) is 11.4 Å². The molecule has 0 aliphatic heterocycles. The van der Waals surface area contributed by atoms with Crippen molar-refractivity contribution in [3.63, 3.8) is 0 Å². The molecule has 20 heavy (non-hydrogen) atoms. The molecule has 1 aromatic rings. The SMILES string of the molecule is O=S(=O)(NC1C2C3CCC(C3)C12)c1ccc(CBr)cc1. The van der Waals surface area contributed by atoms with E-state index in [2.05, 4.69) is 20.7 Å². The molecule has 108 valence electrons. The maximum absolute atomic E-state index is 12.4. The Balaban J connectivity index is 1.50. The second kappa shape index (κ2) is 4.55. The molecule has 3 aliphatic carbocycles. The third-order valence-electron chi connectivity index (χ3n) is 5.41. The third kappa shape index (κ3) is 1.97. The van der Waals surface area contributed by atoms with Crippen LogP contribution >= 0.6 is 15.9 Å². The monoisotopic (exact) mass is 355 g/mol. The highest BCUT2D eigenvalue weighted by molar-refractivity contribution is 9.08. The summed E-state index contributed by atoms with van der Waals surface area (Å²) in [7, 11) is -3.35. The molecule has 3 saturated carbocycles. The van der Waals surface area contributed by atoms with Crippen molar-refractivity contribution >= 4 is 26.0 Å². The molecule has 3 nitrogen and oxygen atoms in total. The van der Waals surface area contributed by atoms with Crippen LogP contribution in [0.5, 0.6) is 0 Å². The van der Waals surface area contributed by atoms with Gasteiger partial charge in [-0.3, -0.25) is 0 Å². The first-order valence-electron chi connectivity index (χ1n) is 7.27. The molecule has 0 amide bonds. The Morgan fingerprint density at radius 2 is 1.70 bits per heavy atom. The lowest BCUT2D eigenvalue weighted by atomic mass is 10.0. The smallest absolute Gasteiger partial charge is 0.207 e. The van der Waals surface area contributed by atoms with E-state index in [1.54, 1.807) is 12.1 Å². The van der Waals surface area contributed by atoms with E-state index in [9.17, 15) is 8.42 Å². The van der Waals surface area contributed by atoms with Gasteiger partial charge in [0.1, 0.15) is 0 Å². The zero-order chi connectivity index (χ0) is 13.9. The molecule has 0 heterocycles. The molecular weight excluding hydrogens is 338 g/mol. The van der Waals surface area contributed by atoms with Crippen LogP contribution in [0.4, 0.5) is 0 Å². The lowest BCUT2D eigenvalue weighted by Crippen LogP contribution is -2.30. The van der Waals surface area contributed by atoms with E-state index < -0.39 is 10.0 Å². The number of hydrogen-bond donors (Lipinski definition) is 1. The molecule has 0 spiro atoms.